The highest BCUT2D eigenvalue weighted by Crippen LogP contribution is 2.31. The van der Waals surface area contributed by atoms with Crippen molar-refractivity contribution in [3.8, 4) is 5.75 Å². The largest absolute Gasteiger partial charge is 0.534 e. The van der Waals surface area contributed by atoms with Gasteiger partial charge in [0.05, 0.1) is 10.5 Å². The van der Waals surface area contributed by atoms with Crippen molar-refractivity contribution < 1.29 is 44.5 Å². The monoisotopic (exact) mass is 603 g/mol. The van der Waals surface area contributed by atoms with Gasteiger partial charge >= 0.3 is 15.6 Å². The van der Waals surface area contributed by atoms with Gasteiger partial charge in [0.25, 0.3) is 0 Å². The zero-order valence-electron chi connectivity index (χ0n) is 20.8. The third-order valence-electron chi connectivity index (χ3n) is 6.39. The van der Waals surface area contributed by atoms with Gasteiger partial charge in [-0.1, -0.05) is 23.7 Å². The standard InChI is InChI=1S/C25H22ClF4N3O6S/c1-14(34)18-12-32(21-10-16(7-8-17(18)21)39-40(37,38)25(28,29)30)13-22(35)33-9-3-6-20(33)24(36)31-11-15-4-2-5-19(26)23(15)27/h2,4-5,7-8,10,12,20H,3,6,9,11,13H2,1H3,(H,31,36)/t20-/m0/s1. The summed E-state index contributed by atoms with van der Waals surface area (Å²) in [6.07, 6.45) is 2.17. The second kappa shape index (κ2) is 11.1. The number of carbonyl (C=O) groups excluding carboxylic acids is 3. The van der Waals surface area contributed by atoms with Crippen molar-refractivity contribution >= 4 is 50.2 Å². The lowest BCUT2D eigenvalue weighted by molar-refractivity contribution is -0.138. The molecular formula is C25H22ClF4N3O6S. The van der Waals surface area contributed by atoms with Gasteiger partial charge in [-0.15, -0.1) is 0 Å². The number of amides is 2. The molecule has 0 spiro atoms. The van der Waals surface area contributed by atoms with Crippen LogP contribution in [0.3, 0.4) is 0 Å². The topological polar surface area (TPSA) is 115 Å². The number of carbonyl (C=O) groups is 3. The number of hydrogen-bond acceptors (Lipinski definition) is 6. The molecule has 0 saturated carbocycles. The maximum Gasteiger partial charge on any atom is 0.534 e. The fourth-order valence-corrected chi connectivity index (χ4v) is 5.11. The van der Waals surface area contributed by atoms with E-state index in [1.165, 1.54) is 46.9 Å². The van der Waals surface area contributed by atoms with Crippen molar-refractivity contribution in [3.05, 3.63) is 64.6 Å². The molecule has 2 aromatic carbocycles. The number of benzene rings is 2. The molecule has 9 nitrogen and oxygen atoms in total. The van der Waals surface area contributed by atoms with Gasteiger partial charge in [0.1, 0.15) is 24.2 Å². The Hall–Kier alpha value is -3.65. The first-order chi connectivity index (χ1) is 18.7. The molecule has 1 aliphatic rings. The Morgan fingerprint density at radius 3 is 2.58 bits per heavy atom. The van der Waals surface area contributed by atoms with Crippen LogP contribution in [-0.2, 0) is 32.8 Å². The van der Waals surface area contributed by atoms with Crippen LogP contribution in [-0.4, -0.2) is 53.6 Å². The van der Waals surface area contributed by atoms with Crippen LogP contribution in [0.2, 0.25) is 5.02 Å². The predicted octanol–water partition coefficient (Wildman–Crippen LogP) is 4.17. The Balaban J connectivity index is 1.55. The fourth-order valence-electron chi connectivity index (χ4n) is 4.47. The number of Topliss-reactive ketones (excluding diaryl/α,β-unsaturated/α-hetero) is 1. The number of ketones is 1. The van der Waals surface area contributed by atoms with Gasteiger partial charge in [0.2, 0.25) is 11.8 Å². The Morgan fingerprint density at radius 2 is 1.90 bits per heavy atom. The maximum absolute atomic E-state index is 14.2. The Kier molecular flexibility index (Phi) is 8.13. The summed E-state index contributed by atoms with van der Waals surface area (Å²) in [5.41, 5.74) is -5.27. The fraction of sp³-hybridized carbons (Fsp3) is 0.320. The van der Waals surface area contributed by atoms with Crippen molar-refractivity contribution in [2.24, 2.45) is 0 Å². The highest BCUT2D eigenvalue weighted by atomic mass is 35.5. The van der Waals surface area contributed by atoms with E-state index < -0.39 is 57.4 Å². The molecule has 3 aromatic rings. The minimum Gasteiger partial charge on any atom is -0.376 e. The van der Waals surface area contributed by atoms with E-state index in [0.717, 1.165) is 12.1 Å². The number of rotatable bonds is 8. The first kappa shape index (κ1) is 29.3. The number of aromatic nitrogens is 1. The summed E-state index contributed by atoms with van der Waals surface area (Å²) < 4.78 is 80.9. The van der Waals surface area contributed by atoms with Gasteiger partial charge in [-0.2, -0.15) is 21.6 Å². The Labute approximate surface area is 230 Å². The van der Waals surface area contributed by atoms with Crippen LogP contribution in [0.1, 0.15) is 35.7 Å². The lowest BCUT2D eigenvalue weighted by Gasteiger charge is -2.24. The third-order valence-corrected chi connectivity index (χ3v) is 7.66. The molecule has 15 heteroatoms. The summed E-state index contributed by atoms with van der Waals surface area (Å²) in [6.45, 7) is 0.923. The number of halogens is 5. The normalized spacial score (nSPS) is 15.8. The van der Waals surface area contributed by atoms with E-state index >= 15 is 0 Å². The van der Waals surface area contributed by atoms with Crippen LogP contribution >= 0.6 is 11.6 Å². The number of fused-ring (bicyclic) bond motifs is 1. The molecule has 4 rings (SSSR count). The van der Waals surface area contributed by atoms with E-state index in [-0.39, 0.29) is 40.1 Å². The van der Waals surface area contributed by atoms with E-state index in [9.17, 15) is 40.4 Å². The predicted molar refractivity (Wildman–Crippen MR) is 136 cm³/mol. The minimum absolute atomic E-state index is 0.0741. The second-order valence-corrected chi connectivity index (χ2v) is 11.0. The number of nitrogens with one attached hydrogen (secondary N) is 1. The molecule has 1 aromatic heterocycles. The van der Waals surface area contributed by atoms with E-state index in [0.29, 0.717) is 12.8 Å². The van der Waals surface area contributed by atoms with Crippen molar-refractivity contribution in [1.29, 1.82) is 0 Å². The summed E-state index contributed by atoms with van der Waals surface area (Å²) >= 11 is 5.77. The van der Waals surface area contributed by atoms with Crippen molar-refractivity contribution in [2.75, 3.05) is 6.54 Å². The molecule has 2 heterocycles. The maximum atomic E-state index is 14.2. The number of hydrogen-bond donors (Lipinski definition) is 1. The Morgan fingerprint density at radius 1 is 1.18 bits per heavy atom. The highest BCUT2D eigenvalue weighted by Gasteiger charge is 2.48. The van der Waals surface area contributed by atoms with Crippen LogP contribution < -0.4 is 9.50 Å². The van der Waals surface area contributed by atoms with E-state index in [1.807, 2.05) is 0 Å². The summed E-state index contributed by atoms with van der Waals surface area (Å²) in [6, 6.07) is 6.66. The zero-order valence-corrected chi connectivity index (χ0v) is 22.4. The van der Waals surface area contributed by atoms with Gasteiger partial charge in [-0.25, -0.2) is 4.39 Å². The summed E-state index contributed by atoms with van der Waals surface area (Å²) in [5, 5.41) is 2.76. The molecule has 0 unspecified atom stereocenters. The number of nitrogens with zero attached hydrogens (tertiary/aromatic N) is 2. The molecule has 1 atom stereocenters. The number of likely N-dealkylation sites (tertiary alicyclic amines) is 1. The van der Waals surface area contributed by atoms with Gasteiger partial charge < -0.3 is 19.0 Å². The molecule has 214 valence electrons. The van der Waals surface area contributed by atoms with Gasteiger partial charge in [-0.3, -0.25) is 14.4 Å². The van der Waals surface area contributed by atoms with Gasteiger partial charge in [-0.05, 0) is 38.0 Å². The first-order valence-corrected chi connectivity index (χ1v) is 13.6. The quantitative estimate of drug-likeness (QED) is 0.179. The van der Waals surface area contributed by atoms with Crippen LogP contribution in [0.25, 0.3) is 10.9 Å². The van der Waals surface area contributed by atoms with Crippen LogP contribution in [0.4, 0.5) is 17.6 Å². The molecule has 0 radical (unpaired) electrons. The molecule has 2 amide bonds. The zero-order chi connectivity index (χ0) is 29.4. The lowest BCUT2D eigenvalue weighted by atomic mass is 10.1. The van der Waals surface area contributed by atoms with Gasteiger partial charge in [0, 0.05) is 41.9 Å². The number of alkyl halides is 3. The molecule has 1 aliphatic heterocycles. The van der Waals surface area contributed by atoms with Crippen LogP contribution in [0, 0.1) is 5.82 Å². The van der Waals surface area contributed by atoms with Crippen LogP contribution in [0.5, 0.6) is 5.75 Å². The van der Waals surface area contributed by atoms with Crippen LogP contribution in [0.15, 0.2) is 42.6 Å². The first-order valence-electron chi connectivity index (χ1n) is 11.8. The Bertz CT molecular complexity index is 1610. The van der Waals surface area contributed by atoms with E-state index in [1.54, 1.807) is 0 Å². The average molecular weight is 604 g/mol. The molecule has 0 aliphatic carbocycles. The molecule has 1 saturated heterocycles. The molecule has 1 fully saturated rings. The minimum atomic E-state index is -5.95. The molecular weight excluding hydrogens is 582 g/mol. The van der Waals surface area contributed by atoms with Crippen molar-refractivity contribution in [3.63, 3.8) is 0 Å². The van der Waals surface area contributed by atoms with Crippen molar-refractivity contribution in [1.82, 2.24) is 14.8 Å². The highest BCUT2D eigenvalue weighted by molar-refractivity contribution is 7.88. The summed E-state index contributed by atoms with van der Waals surface area (Å²) in [5.74, 6) is -2.79. The summed E-state index contributed by atoms with van der Waals surface area (Å²) in [7, 11) is -5.95. The smallest absolute Gasteiger partial charge is 0.376 e. The third kappa shape index (κ3) is 5.92. The lowest BCUT2D eigenvalue weighted by Crippen LogP contribution is -2.46. The molecule has 1 N–H and O–H groups in total. The van der Waals surface area contributed by atoms with E-state index in [4.69, 9.17) is 11.6 Å². The SMILES string of the molecule is CC(=O)c1cn(CC(=O)N2CCC[C@H]2C(=O)NCc2cccc(Cl)c2F)c2cc(OS(=O)(=O)C(F)(F)F)ccc12. The van der Waals surface area contributed by atoms with Gasteiger partial charge in [0.15, 0.2) is 5.78 Å². The second-order valence-electron chi connectivity index (χ2n) is 9.06. The van der Waals surface area contributed by atoms with Crippen molar-refractivity contribution in [2.45, 2.75) is 44.4 Å². The molecule has 40 heavy (non-hydrogen) atoms. The average Bonchev–Trinajstić information content (AvgIpc) is 3.49. The summed E-state index contributed by atoms with van der Waals surface area (Å²) in [4.78, 5) is 39.6. The molecule has 0 bridgehead atoms. The van der Waals surface area contributed by atoms with E-state index in [2.05, 4.69) is 9.50 Å².